The van der Waals surface area contributed by atoms with Crippen molar-refractivity contribution >= 4 is 17.3 Å². The molecule has 2 aromatic rings. The van der Waals surface area contributed by atoms with Crippen molar-refractivity contribution in [1.29, 1.82) is 0 Å². The minimum atomic E-state index is -4.39. The zero-order chi connectivity index (χ0) is 14.9. The highest BCUT2D eigenvalue weighted by atomic mass is 35.5. The number of aromatic nitrogens is 2. The Balaban J connectivity index is 2.13. The van der Waals surface area contributed by atoms with Gasteiger partial charge in [-0.15, -0.1) is 0 Å². The number of rotatable bonds is 3. The van der Waals surface area contributed by atoms with Crippen LogP contribution in [0.4, 0.5) is 18.9 Å². The van der Waals surface area contributed by atoms with Gasteiger partial charge in [-0.05, 0) is 31.2 Å². The number of alkyl halides is 3. The van der Waals surface area contributed by atoms with E-state index in [0.29, 0.717) is 12.2 Å². The molecular weight excluding hydrogens is 291 g/mol. The summed E-state index contributed by atoms with van der Waals surface area (Å²) in [5.74, 6) is 0. The Hall–Kier alpha value is -1.69. The molecule has 0 aliphatic heterocycles. The van der Waals surface area contributed by atoms with Crippen molar-refractivity contribution in [3.63, 3.8) is 0 Å². The van der Waals surface area contributed by atoms with Crippen molar-refractivity contribution in [1.82, 2.24) is 9.78 Å². The van der Waals surface area contributed by atoms with E-state index in [-0.39, 0.29) is 5.02 Å². The molecule has 7 heteroatoms. The van der Waals surface area contributed by atoms with Gasteiger partial charge in [-0.2, -0.15) is 18.3 Å². The van der Waals surface area contributed by atoms with E-state index in [1.54, 1.807) is 11.7 Å². The minimum Gasteiger partial charge on any atom is -0.378 e. The van der Waals surface area contributed by atoms with Crippen LogP contribution in [0, 0.1) is 6.92 Å². The van der Waals surface area contributed by atoms with E-state index in [0.717, 1.165) is 23.5 Å². The highest BCUT2D eigenvalue weighted by Gasteiger charge is 2.30. The zero-order valence-corrected chi connectivity index (χ0v) is 11.7. The Labute approximate surface area is 119 Å². The highest BCUT2D eigenvalue weighted by Crippen LogP contribution is 2.33. The third-order valence-corrected chi connectivity index (χ3v) is 3.17. The van der Waals surface area contributed by atoms with Gasteiger partial charge in [0, 0.05) is 7.05 Å². The summed E-state index contributed by atoms with van der Waals surface area (Å²) >= 11 is 5.86. The molecule has 0 radical (unpaired) electrons. The van der Waals surface area contributed by atoms with Crippen LogP contribution < -0.4 is 5.32 Å². The number of nitrogens with zero attached hydrogens (tertiary/aromatic N) is 2. The number of anilines is 1. The van der Waals surface area contributed by atoms with E-state index in [2.05, 4.69) is 10.4 Å². The predicted molar refractivity (Wildman–Crippen MR) is 71.7 cm³/mol. The fourth-order valence-electron chi connectivity index (χ4n) is 1.85. The van der Waals surface area contributed by atoms with Crippen molar-refractivity contribution in [2.45, 2.75) is 19.6 Å². The van der Waals surface area contributed by atoms with Gasteiger partial charge in [0.1, 0.15) is 0 Å². The molecule has 108 valence electrons. The monoisotopic (exact) mass is 303 g/mol. The second kappa shape index (κ2) is 5.36. The van der Waals surface area contributed by atoms with E-state index in [4.69, 9.17) is 11.6 Å². The molecule has 0 atom stereocenters. The summed E-state index contributed by atoms with van der Waals surface area (Å²) in [6, 6.07) is 5.14. The van der Waals surface area contributed by atoms with Crippen LogP contribution in [0.3, 0.4) is 0 Å². The average Bonchev–Trinajstić information content (AvgIpc) is 2.65. The Bertz CT molecular complexity index is 620. The largest absolute Gasteiger partial charge is 0.416 e. The van der Waals surface area contributed by atoms with E-state index in [9.17, 15) is 13.2 Å². The maximum Gasteiger partial charge on any atom is 0.416 e. The lowest BCUT2D eigenvalue weighted by Crippen LogP contribution is -2.08. The zero-order valence-electron chi connectivity index (χ0n) is 10.9. The van der Waals surface area contributed by atoms with Crippen molar-refractivity contribution in [3.8, 4) is 0 Å². The van der Waals surface area contributed by atoms with Gasteiger partial charge in [0.15, 0.2) is 0 Å². The van der Waals surface area contributed by atoms with Gasteiger partial charge in [0.05, 0.1) is 34.2 Å². The molecule has 0 bridgehead atoms. The Morgan fingerprint density at radius 2 is 2.00 bits per heavy atom. The van der Waals surface area contributed by atoms with Gasteiger partial charge in [-0.1, -0.05) is 11.6 Å². The quantitative estimate of drug-likeness (QED) is 0.928. The SMILES string of the molecule is Cc1cc(CNc2ccc(C(F)(F)F)cc2Cl)n(C)n1. The van der Waals surface area contributed by atoms with Gasteiger partial charge >= 0.3 is 6.18 Å². The third kappa shape index (κ3) is 3.25. The van der Waals surface area contributed by atoms with E-state index in [1.807, 2.05) is 13.0 Å². The van der Waals surface area contributed by atoms with Gasteiger partial charge < -0.3 is 5.32 Å². The fraction of sp³-hybridized carbons (Fsp3) is 0.308. The normalized spacial score (nSPS) is 11.7. The maximum atomic E-state index is 12.5. The summed E-state index contributed by atoms with van der Waals surface area (Å²) in [7, 11) is 1.80. The first-order valence-corrected chi connectivity index (χ1v) is 6.25. The van der Waals surface area contributed by atoms with E-state index < -0.39 is 11.7 Å². The summed E-state index contributed by atoms with van der Waals surface area (Å²) < 4.78 is 39.3. The fourth-order valence-corrected chi connectivity index (χ4v) is 2.10. The van der Waals surface area contributed by atoms with Gasteiger partial charge in [-0.25, -0.2) is 0 Å². The third-order valence-electron chi connectivity index (χ3n) is 2.86. The Morgan fingerprint density at radius 1 is 1.30 bits per heavy atom. The minimum absolute atomic E-state index is 0.0405. The Morgan fingerprint density at radius 3 is 2.50 bits per heavy atom. The topological polar surface area (TPSA) is 29.9 Å². The van der Waals surface area contributed by atoms with Gasteiger partial charge in [0.2, 0.25) is 0 Å². The standard InChI is InChI=1S/C13H13ClF3N3/c1-8-5-10(20(2)19-8)7-18-12-4-3-9(6-11(12)14)13(15,16)17/h3-6,18H,7H2,1-2H3. The van der Waals surface area contributed by atoms with Crippen LogP contribution >= 0.6 is 11.6 Å². The van der Waals surface area contributed by atoms with Crippen molar-refractivity contribution in [2.24, 2.45) is 7.05 Å². The maximum absolute atomic E-state index is 12.5. The number of hydrogen-bond acceptors (Lipinski definition) is 2. The van der Waals surface area contributed by atoms with Crippen LogP contribution in [0.5, 0.6) is 0 Å². The lowest BCUT2D eigenvalue weighted by atomic mass is 10.2. The summed E-state index contributed by atoms with van der Waals surface area (Å²) in [6.07, 6.45) is -4.39. The predicted octanol–water partition coefficient (Wildman–Crippen LogP) is 4.01. The molecule has 0 saturated heterocycles. The summed E-state index contributed by atoms with van der Waals surface area (Å²) in [6.45, 7) is 2.30. The second-order valence-corrected chi connectivity index (χ2v) is 4.85. The first kappa shape index (κ1) is 14.7. The molecule has 3 nitrogen and oxygen atoms in total. The molecule has 0 spiro atoms. The molecule has 2 rings (SSSR count). The smallest absolute Gasteiger partial charge is 0.378 e. The first-order valence-electron chi connectivity index (χ1n) is 5.87. The molecule has 1 heterocycles. The van der Waals surface area contributed by atoms with E-state index in [1.165, 1.54) is 6.07 Å². The summed E-state index contributed by atoms with van der Waals surface area (Å²) in [5.41, 5.74) is 1.49. The molecule has 1 aromatic heterocycles. The van der Waals surface area contributed by atoms with Crippen LogP contribution in [0.15, 0.2) is 24.3 Å². The lowest BCUT2D eigenvalue weighted by molar-refractivity contribution is -0.137. The molecule has 0 amide bonds. The number of aryl methyl sites for hydroxylation is 2. The highest BCUT2D eigenvalue weighted by molar-refractivity contribution is 6.33. The number of hydrogen-bond donors (Lipinski definition) is 1. The average molecular weight is 304 g/mol. The van der Waals surface area contributed by atoms with Gasteiger partial charge in [0.25, 0.3) is 0 Å². The number of halogens is 4. The van der Waals surface area contributed by atoms with Crippen molar-refractivity contribution in [2.75, 3.05) is 5.32 Å². The number of nitrogens with one attached hydrogen (secondary N) is 1. The summed E-state index contributed by atoms with van der Waals surface area (Å²) in [4.78, 5) is 0. The van der Waals surface area contributed by atoms with Crippen LogP contribution in [0.1, 0.15) is 17.0 Å². The molecule has 0 fully saturated rings. The van der Waals surface area contributed by atoms with E-state index >= 15 is 0 Å². The molecule has 0 unspecified atom stereocenters. The van der Waals surface area contributed by atoms with Gasteiger partial charge in [-0.3, -0.25) is 4.68 Å². The molecule has 0 aliphatic carbocycles. The first-order chi connectivity index (χ1) is 9.27. The van der Waals surface area contributed by atoms with Crippen LogP contribution in [0.25, 0.3) is 0 Å². The van der Waals surface area contributed by atoms with Crippen molar-refractivity contribution < 1.29 is 13.2 Å². The molecule has 20 heavy (non-hydrogen) atoms. The van der Waals surface area contributed by atoms with Crippen molar-refractivity contribution in [3.05, 3.63) is 46.2 Å². The molecule has 0 saturated carbocycles. The van der Waals surface area contributed by atoms with Crippen LogP contribution in [-0.2, 0) is 19.8 Å². The Kier molecular flexibility index (Phi) is 3.94. The lowest BCUT2D eigenvalue weighted by Gasteiger charge is -2.11. The second-order valence-electron chi connectivity index (χ2n) is 4.45. The van der Waals surface area contributed by atoms with Crippen LogP contribution in [0.2, 0.25) is 5.02 Å². The molecule has 0 aliphatic rings. The molecule has 1 N–H and O–H groups in total. The van der Waals surface area contributed by atoms with Crippen LogP contribution in [-0.4, -0.2) is 9.78 Å². The molecule has 1 aromatic carbocycles. The number of benzene rings is 1. The molecular formula is C13H13ClF3N3. The summed E-state index contributed by atoms with van der Waals surface area (Å²) in [5, 5.41) is 7.23.